The lowest BCUT2D eigenvalue weighted by molar-refractivity contribution is -0.140. The lowest BCUT2D eigenvalue weighted by atomic mass is 10.2. The molecule has 1 heterocycles. The number of thiazole rings is 1. The number of nitrogens with zero attached hydrogens (tertiary/aromatic N) is 1. The molecule has 2 aromatic rings. The smallest absolute Gasteiger partial charge is 0.434 e. The standard InChI is InChI=1S/C12H9F3N2O3S/c13-12(14,15)9-5-21-10(17-9)4-16-11(20)7-2-1-6(18)3-8(7)19/h1-3,5,18-19H,4H2,(H,16,20). The first-order valence-electron chi connectivity index (χ1n) is 5.59. The van der Waals surface area contributed by atoms with Crippen molar-refractivity contribution >= 4 is 17.2 Å². The molecule has 0 radical (unpaired) electrons. The number of halogens is 3. The topological polar surface area (TPSA) is 82.5 Å². The zero-order chi connectivity index (χ0) is 15.6. The molecule has 21 heavy (non-hydrogen) atoms. The second kappa shape index (κ2) is 5.60. The minimum atomic E-state index is -4.52. The van der Waals surface area contributed by atoms with E-state index >= 15 is 0 Å². The molecule has 0 aliphatic carbocycles. The number of amides is 1. The fourth-order valence-electron chi connectivity index (χ4n) is 1.49. The zero-order valence-corrected chi connectivity index (χ0v) is 11.1. The van der Waals surface area contributed by atoms with Gasteiger partial charge in [-0.05, 0) is 12.1 Å². The van der Waals surface area contributed by atoms with Crippen molar-refractivity contribution in [1.82, 2.24) is 10.3 Å². The summed E-state index contributed by atoms with van der Waals surface area (Å²) in [7, 11) is 0. The minimum absolute atomic E-state index is 0.0916. The number of rotatable bonds is 3. The van der Waals surface area contributed by atoms with Crippen LogP contribution in [0, 0.1) is 0 Å². The number of aromatic hydroxyl groups is 2. The lowest BCUT2D eigenvalue weighted by Crippen LogP contribution is -2.22. The Balaban J connectivity index is 2.03. The number of phenolic OH excluding ortho intramolecular Hbond substituents is 2. The molecule has 3 N–H and O–H groups in total. The van der Waals surface area contributed by atoms with E-state index in [0.717, 1.165) is 22.8 Å². The normalized spacial score (nSPS) is 11.4. The van der Waals surface area contributed by atoms with Crippen LogP contribution < -0.4 is 5.32 Å². The molecule has 0 spiro atoms. The Hall–Kier alpha value is -2.29. The average Bonchev–Trinajstić information content (AvgIpc) is 2.84. The molecule has 0 aliphatic heterocycles. The molecule has 112 valence electrons. The van der Waals surface area contributed by atoms with Gasteiger partial charge in [0.1, 0.15) is 16.5 Å². The van der Waals surface area contributed by atoms with Gasteiger partial charge < -0.3 is 15.5 Å². The Kier molecular flexibility index (Phi) is 4.03. The van der Waals surface area contributed by atoms with Crippen LogP contribution in [-0.2, 0) is 12.7 Å². The predicted molar refractivity (Wildman–Crippen MR) is 68.1 cm³/mol. The van der Waals surface area contributed by atoms with E-state index in [-0.39, 0.29) is 22.9 Å². The summed E-state index contributed by atoms with van der Waals surface area (Å²) >= 11 is 0.772. The second-order valence-corrected chi connectivity index (χ2v) is 4.95. The maximum absolute atomic E-state index is 12.4. The van der Waals surface area contributed by atoms with Gasteiger partial charge in [0.05, 0.1) is 12.1 Å². The molecule has 0 unspecified atom stereocenters. The largest absolute Gasteiger partial charge is 0.508 e. The fourth-order valence-corrected chi connectivity index (χ4v) is 2.23. The highest BCUT2D eigenvalue weighted by Crippen LogP contribution is 2.30. The number of carbonyl (C=O) groups is 1. The molecule has 9 heteroatoms. The van der Waals surface area contributed by atoms with Gasteiger partial charge in [-0.1, -0.05) is 0 Å². The van der Waals surface area contributed by atoms with Crippen molar-refractivity contribution in [3.8, 4) is 11.5 Å². The highest BCUT2D eigenvalue weighted by atomic mass is 32.1. The van der Waals surface area contributed by atoms with Crippen molar-refractivity contribution in [3.63, 3.8) is 0 Å². The van der Waals surface area contributed by atoms with E-state index in [1.807, 2.05) is 0 Å². The summed E-state index contributed by atoms with van der Waals surface area (Å²) in [6.07, 6.45) is -4.52. The zero-order valence-electron chi connectivity index (χ0n) is 10.3. The molecule has 0 saturated heterocycles. The van der Waals surface area contributed by atoms with Gasteiger partial charge in [0, 0.05) is 11.4 Å². The SMILES string of the molecule is O=C(NCc1nc(C(F)(F)F)cs1)c1ccc(O)cc1O. The van der Waals surface area contributed by atoms with Crippen molar-refractivity contribution in [3.05, 3.63) is 39.8 Å². The van der Waals surface area contributed by atoms with E-state index in [9.17, 15) is 23.1 Å². The van der Waals surface area contributed by atoms with Crippen molar-refractivity contribution < 1.29 is 28.2 Å². The van der Waals surface area contributed by atoms with Gasteiger partial charge in [-0.2, -0.15) is 13.2 Å². The third kappa shape index (κ3) is 3.63. The molecule has 1 aromatic heterocycles. The van der Waals surface area contributed by atoms with Crippen molar-refractivity contribution in [2.45, 2.75) is 12.7 Å². The number of hydrogen-bond acceptors (Lipinski definition) is 5. The molecule has 1 aromatic carbocycles. The number of alkyl halides is 3. The summed E-state index contributed by atoms with van der Waals surface area (Å²) in [6, 6.07) is 3.39. The van der Waals surface area contributed by atoms with Crippen molar-refractivity contribution in [2.75, 3.05) is 0 Å². The lowest BCUT2D eigenvalue weighted by Gasteiger charge is -2.05. The van der Waals surface area contributed by atoms with Gasteiger partial charge in [0.2, 0.25) is 0 Å². The van der Waals surface area contributed by atoms with E-state index in [0.29, 0.717) is 0 Å². The van der Waals surface area contributed by atoms with Crippen LogP contribution in [0.2, 0.25) is 0 Å². The van der Waals surface area contributed by atoms with Crippen LogP contribution >= 0.6 is 11.3 Å². The van der Waals surface area contributed by atoms with E-state index in [1.165, 1.54) is 12.1 Å². The average molecular weight is 318 g/mol. The van der Waals surface area contributed by atoms with E-state index in [4.69, 9.17) is 5.11 Å². The Morgan fingerprint density at radius 2 is 2.05 bits per heavy atom. The minimum Gasteiger partial charge on any atom is -0.508 e. The molecular formula is C12H9F3N2O3S. The first-order valence-corrected chi connectivity index (χ1v) is 6.47. The summed E-state index contributed by atoms with van der Waals surface area (Å²) in [5, 5.41) is 21.9. The van der Waals surface area contributed by atoms with Crippen LogP contribution in [0.3, 0.4) is 0 Å². The van der Waals surface area contributed by atoms with Gasteiger partial charge in [0.25, 0.3) is 5.91 Å². The third-order valence-electron chi connectivity index (χ3n) is 2.47. The quantitative estimate of drug-likeness (QED) is 0.812. The summed E-state index contributed by atoms with van der Waals surface area (Å²) in [5.74, 6) is -1.32. The summed E-state index contributed by atoms with van der Waals surface area (Å²) in [4.78, 5) is 15.1. The number of nitrogens with one attached hydrogen (secondary N) is 1. The number of benzene rings is 1. The van der Waals surface area contributed by atoms with Gasteiger partial charge >= 0.3 is 6.18 Å². The molecule has 2 rings (SSSR count). The van der Waals surface area contributed by atoms with E-state index in [1.54, 1.807) is 0 Å². The van der Waals surface area contributed by atoms with Crippen LogP contribution in [-0.4, -0.2) is 21.1 Å². The summed E-state index contributed by atoms with van der Waals surface area (Å²) < 4.78 is 37.1. The molecule has 0 atom stereocenters. The fraction of sp³-hybridized carbons (Fsp3) is 0.167. The highest BCUT2D eigenvalue weighted by Gasteiger charge is 2.33. The molecule has 0 bridgehead atoms. The third-order valence-corrected chi connectivity index (χ3v) is 3.32. The highest BCUT2D eigenvalue weighted by molar-refractivity contribution is 7.09. The van der Waals surface area contributed by atoms with Crippen LogP contribution in [0.25, 0.3) is 0 Å². The van der Waals surface area contributed by atoms with E-state index in [2.05, 4.69) is 10.3 Å². The first kappa shape index (κ1) is 15.1. The van der Waals surface area contributed by atoms with Crippen molar-refractivity contribution in [2.24, 2.45) is 0 Å². The number of phenols is 2. The second-order valence-electron chi connectivity index (χ2n) is 4.01. The molecule has 5 nitrogen and oxygen atoms in total. The van der Waals surface area contributed by atoms with Gasteiger partial charge in [-0.3, -0.25) is 4.79 Å². The molecule has 1 amide bonds. The monoisotopic (exact) mass is 318 g/mol. The Labute approximate surface area is 120 Å². The maximum Gasteiger partial charge on any atom is 0.434 e. The number of carbonyl (C=O) groups excluding carboxylic acids is 1. The van der Waals surface area contributed by atoms with Crippen LogP contribution in [0.15, 0.2) is 23.6 Å². The molecule has 0 aliphatic rings. The van der Waals surface area contributed by atoms with Gasteiger partial charge in [0.15, 0.2) is 5.69 Å². The molecular weight excluding hydrogens is 309 g/mol. The van der Waals surface area contributed by atoms with Gasteiger partial charge in [-0.15, -0.1) is 11.3 Å². The maximum atomic E-state index is 12.4. The summed E-state index contributed by atoms with van der Waals surface area (Å²) in [6.45, 7) is -0.195. The number of hydrogen-bond donors (Lipinski definition) is 3. The Morgan fingerprint density at radius 3 is 2.62 bits per heavy atom. The molecule has 0 fully saturated rings. The first-order chi connectivity index (χ1) is 9.77. The summed E-state index contributed by atoms with van der Waals surface area (Å²) in [5.41, 5.74) is -1.11. The van der Waals surface area contributed by atoms with Gasteiger partial charge in [-0.25, -0.2) is 4.98 Å². The predicted octanol–water partition coefficient (Wildman–Crippen LogP) is 2.50. The van der Waals surface area contributed by atoms with Crippen LogP contribution in [0.4, 0.5) is 13.2 Å². The molecule has 0 saturated carbocycles. The van der Waals surface area contributed by atoms with Crippen LogP contribution in [0.1, 0.15) is 21.1 Å². The van der Waals surface area contributed by atoms with Crippen molar-refractivity contribution in [1.29, 1.82) is 0 Å². The van der Waals surface area contributed by atoms with E-state index < -0.39 is 23.5 Å². The van der Waals surface area contributed by atoms with Crippen LogP contribution in [0.5, 0.6) is 11.5 Å². The number of aromatic nitrogens is 1. The Morgan fingerprint density at radius 1 is 1.33 bits per heavy atom. The Bertz CT molecular complexity index is 670.